The minimum Gasteiger partial charge on any atom is -0.384 e. The van der Waals surface area contributed by atoms with Gasteiger partial charge < -0.3 is 30.9 Å². The first-order valence-corrected chi connectivity index (χ1v) is 12.6. The number of aromatic amines is 2. The summed E-state index contributed by atoms with van der Waals surface area (Å²) in [5, 5.41) is 0. The Morgan fingerprint density at radius 1 is 0.757 bits per heavy atom. The molecule has 190 valence electrons. The first-order chi connectivity index (χ1) is 18.1. The smallest absolute Gasteiger partial charge is 0.148 e. The fraction of sp³-hybridized carbons (Fsp3) is 0.231. The van der Waals surface area contributed by atoms with Crippen molar-refractivity contribution in [2.45, 2.75) is 0 Å². The monoisotopic (exact) mass is 516 g/mol. The van der Waals surface area contributed by atoms with Crippen molar-refractivity contribution in [3.8, 4) is 21.4 Å². The van der Waals surface area contributed by atoms with Gasteiger partial charge in [-0.3, -0.25) is 9.98 Å². The third kappa shape index (κ3) is 5.38. The van der Waals surface area contributed by atoms with Gasteiger partial charge in [0.05, 0.1) is 58.1 Å². The van der Waals surface area contributed by atoms with Crippen molar-refractivity contribution >= 4 is 45.1 Å². The van der Waals surface area contributed by atoms with Crippen LogP contribution in [-0.2, 0) is 9.47 Å². The molecule has 6 N–H and O–H groups in total. The van der Waals surface area contributed by atoms with E-state index in [0.717, 1.165) is 54.6 Å². The van der Waals surface area contributed by atoms with Gasteiger partial charge in [-0.25, -0.2) is 9.97 Å². The summed E-state index contributed by atoms with van der Waals surface area (Å²) in [7, 11) is 3.28. The Hall–Kier alpha value is -4.06. The first kappa shape index (κ1) is 24.6. The molecule has 11 heteroatoms. The lowest BCUT2D eigenvalue weighted by Crippen LogP contribution is -2.14. The zero-order valence-electron chi connectivity index (χ0n) is 20.6. The highest BCUT2D eigenvalue weighted by Gasteiger charge is 2.13. The van der Waals surface area contributed by atoms with Crippen molar-refractivity contribution in [3.63, 3.8) is 0 Å². The van der Waals surface area contributed by atoms with Gasteiger partial charge >= 0.3 is 0 Å². The van der Waals surface area contributed by atoms with Crippen LogP contribution >= 0.6 is 11.3 Å². The zero-order chi connectivity index (χ0) is 25.8. The fourth-order valence-electron chi connectivity index (χ4n) is 3.86. The number of rotatable bonds is 10. The summed E-state index contributed by atoms with van der Waals surface area (Å²) in [6.07, 6.45) is 0. The molecule has 0 aliphatic heterocycles. The molecule has 0 saturated heterocycles. The van der Waals surface area contributed by atoms with E-state index in [1.165, 1.54) is 0 Å². The van der Waals surface area contributed by atoms with Crippen molar-refractivity contribution in [2.24, 2.45) is 21.5 Å². The van der Waals surface area contributed by atoms with Gasteiger partial charge in [-0.05, 0) is 48.5 Å². The predicted octanol–water partition coefficient (Wildman–Crippen LogP) is 3.54. The third-order valence-electron chi connectivity index (χ3n) is 5.78. The first-order valence-electron chi connectivity index (χ1n) is 11.7. The van der Waals surface area contributed by atoms with E-state index in [9.17, 15) is 0 Å². The van der Waals surface area contributed by atoms with E-state index in [4.69, 9.17) is 30.9 Å². The summed E-state index contributed by atoms with van der Waals surface area (Å²) in [4.78, 5) is 27.0. The molecule has 0 aliphatic carbocycles. The Morgan fingerprint density at radius 3 is 1.65 bits per heavy atom. The number of aromatic nitrogens is 4. The van der Waals surface area contributed by atoms with Gasteiger partial charge in [0.1, 0.15) is 23.3 Å². The average Bonchev–Trinajstić information content (AvgIpc) is 3.65. The number of benzene rings is 2. The van der Waals surface area contributed by atoms with E-state index < -0.39 is 0 Å². The number of H-pyrrole nitrogens is 2. The van der Waals surface area contributed by atoms with Crippen LogP contribution in [0.15, 0.2) is 58.5 Å². The van der Waals surface area contributed by atoms with E-state index in [0.29, 0.717) is 38.0 Å². The SMILES string of the molecule is COCCN=C(N)c1ccc2nc(-c3ccc(-c4nc5ccc(C(N)=NCCOC)cc5[nH]4)s3)[nH]c2c1. The summed E-state index contributed by atoms with van der Waals surface area (Å²) in [6, 6.07) is 15.8. The molecule has 0 spiro atoms. The molecular weight excluding hydrogens is 488 g/mol. The highest BCUT2D eigenvalue weighted by molar-refractivity contribution is 7.18. The van der Waals surface area contributed by atoms with E-state index >= 15 is 0 Å². The lowest BCUT2D eigenvalue weighted by molar-refractivity contribution is 0.208. The molecule has 0 bridgehead atoms. The minimum absolute atomic E-state index is 0.476. The van der Waals surface area contributed by atoms with Crippen LogP contribution in [0.5, 0.6) is 0 Å². The highest BCUT2D eigenvalue weighted by Crippen LogP contribution is 2.33. The molecule has 2 aromatic carbocycles. The quantitative estimate of drug-likeness (QED) is 0.127. The maximum Gasteiger partial charge on any atom is 0.148 e. The molecule has 0 amide bonds. The van der Waals surface area contributed by atoms with Crippen molar-refractivity contribution in [3.05, 3.63) is 59.7 Å². The number of aliphatic imine (C=N–C) groups is 2. The maximum absolute atomic E-state index is 6.13. The molecule has 5 aromatic rings. The lowest BCUT2D eigenvalue weighted by Gasteiger charge is -2.01. The van der Waals surface area contributed by atoms with Crippen molar-refractivity contribution in [2.75, 3.05) is 40.5 Å². The summed E-state index contributed by atoms with van der Waals surface area (Å²) >= 11 is 1.61. The second kappa shape index (κ2) is 10.9. The van der Waals surface area contributed by atoms with E-state index in [-0.39, 0.29) is 0 Å². The van der Waals surface area contributed by atoms with Crippen LogP contribution in [0.25, 0.3) is 43.5 Å². The molecule has 3 aromatic heterocycles. The zero-order valence-corrected chi connectivity index (χ0v) is 21.4. The highest BCUT2D eigenvalue weighted by atomic mass is 32.1. The summed E-state index contributed by atoms with van der Waals surface area (Å²) in [5.41, 5.74) is 17.5. The largest absolute Gasteiger partial charge is 0.384 e. The average molecular weight is 517 g/mol. The van der Waals surface area contributed by atoms with Crippen LogP contribution in [-0.4, -0.2) is 72.1 Å². The lowest BCUT2D eigenvalue weighted by atomic mass is 10.2. The number of nitrogens with two attached hydrogens (primary N) is 2. The number of amidine groups is 2. The summed E-state index contributed by atoms with van der Waals surface area (Å²) < 4.78 is 10.1. The number of hydrogen-bond donors (Lipinski definition) is 4. The molecule has 0 saturated carbocycles. The molecule has 10 nitrogen and oxygen atoms in total. The Morgan fingerprint density at radius 2 is 1.22 bits per heavy atom. The number of thiophene rings is 1. The third-order valence-corrected chi connectivity index (χ3v) is 6.88. The molecule has 5 rings (SSSR count). The fourth-order valence-corrected chi connectivity index (χ4v) is 4.76. The Kier molecular flexibility index (Phi) is 7.26. The Balaban J connectivity index is 1.38. The molecule has 0 radical (unpaired) electrons. The number of fused-ring (bicyclic) bond motifs is 2. The second-order valence-corrected chi connectivity index (χ2v) is 9.40. The molecule has 0 atom stereocenters. The van der Waals surface area contributed by atoms with E-state index in [2.05, 4.69) is 20.0 Å². The van der Waals surface area contributed by atoms with Gasteiger partial charge in [-0.1, -0.05) is 0 Å². The van der Waals surface area contributed by atoms with E-state index in [1.807, 2.05) is 48.5 Å². The minimum atomic E-state index is 0.476. The van der Waals surface area contributed by atoms with Crippen LogP contribution < -0.4 is 11.5 Å². The van der Waals surface area contributed by atoms with Crippen LogP contribution in [0, 0.1) is 0 Å². The number of imidazole rings is 2. The number of methoxy groups -OCH3 is 2. The predicted molar refractivity (Wildman–Crippen MR) is 149 cm³/mol. The van der Waals surface area contributed by atoms with Crippen molar-refractivity contribution < 1.29 is 9.47 Å². The standard InChI is InChI=1S/C26H28N8O2S/c1-35-11-9-29-23(27)15-3-5-17-19(13-15)33-25(31-17)21-7-8-22(37-21)26-32-18-6-4-16(14-20(18)34-26)24(28)30-10-12-36-2/h3-8,13-14H,9-12H2,1-2H3,(H2,27,29)(H2,28,30)(H,31,33)(H,32,34). The molecule has 37 heavy (non-hydrogen) atoms. The normalized spacial score (nSPS) is 12.7. The van der Waals surface area contributed by atoms with Crippen LogP contribution in [0.2, 0.25) is 0 Å². The molecule has 0 unspecified atom stereocenters. The molecule has 0 fully saturated rings. The Labute approximate surface area is 217 Å². The maximum atomic E-state index is 6.13. The molecule has 0 aliphatic rings. The number of hydrogen-bond acceptors (Lipinski definition) is 7. The number of ether oxygens (including phenoxy) is 2. The van der Waals surface area contributed by atoms with E-state index in [1.54, 1.807) is 25.6 Å². The summed E-state index contributed by atoms with van der Waals surface area (Å²) in [6.45, 7) is 2.10. The van der Waals surface area contributed by atoms with Crippen LogP contribution in [0.4, 0.5) is 0 Å². The van der Waals surface area contributed by atoms with Crippen LogP contribution in [0.1, 0.15) is 11.1 Å². The van der Waals surface area contributed by atoms with Gasteiger partial charge in [0.15, 0.2) is 0 Å². The van der Waals surface area contributed by atoms with Crippen molar-refractivity contribution in [1.82, 2.24) is 19.9 Å². The topological polar surface area (TPSA) is 153 Å². The number of nitrogens with one attached hydrogen (secondary N) is 2. The number of nitrogens with zero attached hydrogens (tertiary/aromatic N) is 4. The summed E-state index contributed by atoms with van der Waals surface area (Å²) in [5.74, 6) is 2.53. The van der Waals surface area contributed by atoms with Gasteiger partial charge in [-0.2, -0.15) is 0 Å². The van der Waals surface area contributed by atoms with Crippen LogP contribution in [0.3, 0.4) is 0 Å². The van der Waals surface area contributed by atoms with Gasteiger partial charge in [0.2, 0.25) is 0 Å². The van der Waals surface area contributed by atoms with Gasteiger partial charge in [-0.15, -0.1) is 11.3 Å². The molecular formula is C26H28N8O2S. The van der Waals surface area contributed by atoms with Gasteiger partial charge in [0, 0.05) is 25.3 Å². The van der Waals surface area contributed by atoms with Gasteiger partial charge in [0.25, 0.3) is 0 Å². The molecule has 3 heterocycles. The van der Waals surface area contributed by atoms with Crippen molar-refractivity contribution in [1.29, 1.82) is 0 Å². The Bertz CT molecular complexity index is 1480. The second-order valence-electron chi connectivity index (χ2n) is 8.32.